The third-order valence-electron chi connectivity index (χ3n) is 13.3. The first-order chi connectivity index (χ1) is 27.7. The molecule has 0 saturated carbocycles. The van der Waals surface area contributed by atoms with Gasteiger partial charge in [-0.05, 0) is 124 Å². The van der Waals surface area contributed by atoms with Crippen molar-refractivity contribution >= 4 is 45.9 Å². The Hall–Kier alpha value is -6.22. The molecule has 57 heavy (non-hydrogen) atoms. The Kier molecular flexibility index (Phi) is 7.25. The molecule has 0 amide bonds. The molecule has 8 aromatic rings. The smallest absolute Gasteiger partial charge is 0.182 e. The van der Waals surface area contributed by atoms with Crippen LogP contribution in [0, 0.1) is 0 Å². The first-order valence-electron chi connectivity index (χ1n) is 20.3. The Morgan fingerprint density at radius 2 is 0.825 bits per heavy atom. The first-order valence-corrected chi connectivity index (χ1v) is 22.3. The topological polar surface area (TPSA) is 3.24 Å². The summed E-state index contributed by atoms with van der Waals surface area (Å²) in [7, 11) is -2.61. The zero-order chi connectivity index (χ0) is 38.7. The summed E-state index contributed by atoms with van der Waals surface area (Å²) in [4.78, 5) is 2.50. The normalized spacial score (nSPS) is 14.7. The fraction of sp³-hybridized carbons (Fsp3) is 0.127. The van der Waals surface area contributed by atoms with Crippen LogP contribution in [0.2, 0.25) is 0 Å². The highest BCUT2D eigenvalue weighted by Gasteiger charge is 2.54. The number of rotatable bonds is 4. The molecular weight excluding hydrogens is 703 g/mol. The lowest BCUT2D eigenvalue weighted by Crippen LogP contribution is -2.70. The van der Waals surface area contributed by atoms with Crippen LogP contribution in [0.5, 0.6) is 0 Å². The summed E-state index contributed by atoms with van der Waals surface area (Å²) in [5, 5.41) is 5.98. The summed E-state index contributed by atoms with van der Waals surface area (Å²) in [6.07, 6.45) is 0. The van der Waals surface area contributed by atoms with Crippen molar-refractivity contribution < 1.29 is 0 Å². The van der Waals surface area contributed by atoms with Gasteiger partial charge in [0.25, 0.3) is 0 Å². The number of hydrogen-bond donors (Lipinski definition) is 0. The van der Waals surface area contributed by atoms with E-state index in [4.69, 9.17) is 0 Å². The molecule has 0 saturated heterocycles. The van der Waals surface area contributed by atoms with Gasteiger partial charge in [0.2, 0.25) is 0 Å². The minimum Gasteiger partial charge on any atom is -0.310 e. The van der Waals surface area contributed by atoms with Crippen LogP contribution in [-0.4, -0.2) is 8.07 Å². The van der Waals surface area contributed by atoms with E-state index < -0.39 is 8.07 Å². The summed E-state index contributed by atoms with van der Waals surface area (Å²) >= 11 is 0. The second-order valence-electron chi connectivity index (χ2n) is 17.7. The van der Waals surface area contributed by atoms with Crippen LogP contribution in [0.15, 0.2) is 182 Å². The molecule has 0 N–H and O–H groups in total. The highest BCUT2D eigenvalue weighted by atomic mass is 28.3. The highest BCUT2D eigenvalue weighted by Crippen LogP contribution is 2.51. The van der Waals surface area contributed by atoms with Crippen molar-refractivity contribution in [1.82, 2.24) is 0 Å². The zero-order valence-electron chi connectivity index (χ0n) is 33.3. The highest BCUT2D eigenvalue weighted by molar-refractivity contribution is 7.24. The summed E-state index contributed by atoms with van der Waals surface area (Å²) in [5.41, 5.74) is 18.3. The molecule has 0 fully saturated rings. The Labute approximate surface area is 338 Å². The van der Waals surface area contributed by atoms with Gasteiger partial charge in [0, 0.05) is 22.5 Å². The number of hydrogen-bond acceptors (Lipinski definition) is 1. The Bertz CT molecular complexity index is 2840. The summed E-state index contributed by atoms with van der Waals surface area (Å²) in [6.45, 7) is 11.5. The minimum absolute atomic E-state index is 0.0555. The number of nitrogens with zero attached hydrogens (tertiary/aromatic N) is 1. The van der Waals surface area contributed by atoms with Crippen molar-refractivity contribution in [2.45, 2.75) is 45.4 Å². The first kappa shape index (κ1) is 34.1. The molecule has 2 aliphatic heterocycles. The second kappa shape index (κ2) is 12.1. The molecule has 0 unspecified atom stereocenters. The summed E-state index contributed by atoms with van der Waals surface area (Å²) in [5.74, 6) is 0. The molecule has 0 aromatic heterocycles. The average molecular weight is 748 g/mol. The molecule has 0 atom stereocenters. The van der Waals surface area contributed by atoms with Gasteiger partial charge >= 0.3 is 0 Å². The average Bonchev–Trinajstić information content (AvgIpc) is 3.79. The van der Waals surface area contributed by atoms with Gasteiger partial charge in [-0.1, -0.05) is 180 Å². The molecule has 1 aliphatic carbocycles. The Balaban J connectivity index is 1.12. The molecule has 8 aromatic carbocycles. The molecular formula is C55H45NSi. The monoisotopic (exact) mass is 747 g/mol. The van der Waals surface area contributed by atoms with Crippen molar-refractivity contribution in [3.63, 3.8) is 0 Å². The van der Waals surface area contributed by atoms with E-state index in [0.717, 1.165) is 5.69 Å². The molecule has 1 spiro atoms. The van der Waals surface area contributed by atoms with Crippen LogP contribution in [0.25, 0.3) is 44.5 Å². The molecule has 274 valence electrons. The number of fused-ring (bicyclic) bond motifs is 13. The van der Waals surface area contributed by atoms with Crippen LogP contribution in [0.3, 0.4) is 0 Å². The maximum Gasteiger partial charge on any atom is 0.182 e. The lowest BCUT2D eigenvalue weighted by atomic mass is 9.82. The number of anilines is 3. The summed E-state index contributed by atoms with van der Waals surface area (Å²) < 4.78 is 0. The zero-order valence-corrected chi connectivity index (χ0v) is 34.3. The van der Waals surface area contributed by atoms with Crippen molar-refractivity contribution in [3.8, 4) is 44.5 Å². The molecule has 11 rings (SSSR count). The molecule has 2 heterocycles. The van der Waals surface area contributed by atoms with Crippen LogP contribution in [0.4, 0.5) is 17.1 Å². The van der Waals surface area contributed by atoms with Gasteiger partial charge < -0.3 is 4.90 Å². The van der Waals surface area contributed by atoms with Crippen LogP contribution in [0.1, 0.15) is 51.3 Å². The number of benzene rings is 8. The second-order valence-corrected chi connectivity index (χ2v) is 21.4. The maximum atomic E-state index is 2.56. The fourth-order valence-corrected chi connectivity index (χ4v) is 16.1. The van der Waals surface area contributed by atoms with Crippen molar-refractivity contribution in [1.29, 1.82) is 0 Å². The van der Waals surface area contributed by atoms with Crippen LogP contribution >= 0.6 is 0 Å². The third kappa shape index (κ3) is 4.80. The van der Waals surface area contributed by atoms with Gasteiger partial charge in [0.15, 0.2) is 8.07 Å². The van der Waals surface area contributed by atoms with E-state index in [1.165, 1.54) is 93.3 Å². The van der Waals surface area contributed by atoms with Crippen LogP contribution < -0.4 is 25.6 Å². The van der Waals surface area contributed by atoms with Crippen LogP contribution in [-0.2, 0) is 10.8 Å². The largest absolute Gasteiger partial charge is 0.310 e. The minimum atomic E-state index is -2.61. The molecule has 3 aliphatic rings. The summed E-state index contributed by atoms with van der Waals surface area (Å²) in [6, 6.07) is 69.5. The Morgan fingerprint density at radius 1 is 0.386 bits per heavy atom. The van der Waals surface area contributed by atoms with Crippen molar-refractivity contribution in [2.75, 3.05) is 4.90 Å². The van der Waals surface area contributed by atoms with Crippen molar-refractivity contribution in [2.24, 2.45) is 0 Å². The van der Waals surface area contributed by atoms with E-state index in [1.54, 1.807) is 0 Å². The SMILES string of the molecule is CC(C)(C)c1ccc(-c2ccc(N(c3ccc4c(c3)-c3ccccc3C4(C)C)c3ccc4c(c3)[Si]3(c5ccccc5-c5ccccc53)c3ccccc3-4)cc2)cc1. The lowest BCUT2D eigenvalue weighted by molar-refractivity contribution is 0.590. The standard InChI is InChI=1S/C55H45NSi/c1-54(2,3)38-26-22-36(23-27-38)37-24-28-39(29-25-37)56(40-31-33-49-47(34-40)42-14-6-10-18-48(42)55(49,4)5)41-30-32-46-45-17-9-13-21-52(45)57(53(46)35-41)50-19-11-7-15-43(50)44-16-8-12-20-51(44)57/h6-35H,1-5H3. The van der Waals surface area contributed by atoms with E-state index in [1.807, 2.05) is 0 Å². The quantitative estimate of drug-likeness (QED) is 0.162. The van der Waals surface area contributed by atoms with E-state index >= 15 is 0 Å². The molecule has 0 bridgehead atoms. The predicted molar refractivity (Wildman–Crippen MR) is 244 cm³/mol. The van der Waals surface area contributed by atoms with Crippen molar-refractivity contribution in [3.05, 3.63) is 199 Å². The predicted octanol–water partition coefficient (Wildman–Crippen LogP) is 11.8. The van der Waals surface area contributed by atoms with Gasteiger partial charge in [-0.3, -0.25) is 0 Å². The van der Waals surface area contributed by atoms with Gasteiger partial charge in [0.1, 0.15) is 0 Å². The van der Waals surface area contributed by atoms with Gasteiger partial charge in [-0.15, -0.1) is 0 Å². The molecule has 1 nitrogen and oxygen atoms in total. The van der Waals surface area contributed by atoms with E-state index in [9.17, 15) is 0 Å². The Morgan fingerprint density at radius 3 is 1.40 bits per heavy atom. The van der Waals surface area contributed by atoms with E-state index in [0.29, 0.717) is 0 Å². The van der Waals surface area contributed by atoms with E-state index in [-0.39, 0.29) is 10.8 Å². The van der Waals surface area contributed by atoms with Gasteiger partial charge in [-0.25, -0.2) is 0 Å². The fourth-order valence-electron chi connectivity index (χ4n) is 10.5. The third-order valence-corrected chi connectivity index (χ3v) is 18.2. The van der Waals surface area contributed by atoms with E-state index in [2.05, 4.69) is 222 Å². The maximum absolute atomic E-state index is 2.61. The van der Waals surface area contributed by atoms with Gasteiger partial charge in [-0.2, -0.15) is 0 Å². The lowest BCUT2D eigenvalue weighted by Gasteiger charge is -2.31. The van der Waals surface area contributed by atoms with Gasteiger partial charge in [0.05, 0.1) is 0 Å². The molecule has 2 heteroatoms. The molecule has 0 radical (unpaired) electrons.